The highest BCUT2D eigenvalue weighted by molar-refractivity contribution is 5.82. The summed E-state index contributed by atoms with van der Waals surface area (Å²) in [6.45, 7) is -0.523. The molecule has 3 aromatic rings. The van der Waals surface area contributed by atoms with Gasteiger partial charge in [-0.15, -0.1) is 0 Å². The second-order valence-electron chi connectivity index (χ2n) is 6.35. The monoisotopic (exact) mass is 450 g/mol. The molecule has 0 radical (unpaired) electrons. The quantitative estimate of drug-likeness (QED) is 0.457. The summed E-state index contributed by atoms with van der Waals surface area (Å²) in [5.74, 6) is 0.979. The van der Waals surface area contributed by atoms with Gasteiger partial charge >= 0.3 is 0 Å². The van der Waals surface area contributed by atoms with E-state index in [4.69, 9.17) is 35.6 Å². The number of benzene rings is 2. The van der Waals surface area contributed by atoms with Crippen LogP contribution in [0, 0.1) is 11.3 Å². The van der Waals surface area contributed by atoms with E-state index in [1.807, 2.05) is 0 Å². The van der Waals surface area contributed by atoms with Crippen LogP contribution in [-0.4, -0.2) is 43.3 Å². The predicted octanol–water partition coefficient (Wildman–Crippen LogP) is 2.45. The van der Waals surface area contributed by atoms with Gasteiger partial charge in [0.2, 0.25) is 0 Å². The molecule has 0 aliphatic carbocycles. The van der Waals surface area contributed by atoms with Crippen molar-refractivity contribution < 1.29 is 28.9 Å². The van der Waals surface area contributed by atoms with Crippen LogP contribution in [0.4, 0.5) is 5.82 Å². The molecule has 0 bridgehead atoms. The number of nitrogen functional groups attached to an aromatic ring is 1. The zero-order valence-corrected chi connectivity index (χ0v) is 17.9. The van der Waals surface area contributed by atoms with Crippen LogP contribution in [0.1, 0.15) is 5.56 Å². The van der Waals surface area contributed by atoms with Crippen molar-refractivity contribution in [2.45, 2.75) is 0 Å². The number of nitrogens with two attached hydrogens (primary N) is 2. The number of primary amides is 1. The van der Waals surface area contributed by atoms with Gasteiger partial charge in [-0.3, -0.25) is 9.59 Å². The van der Waals surface area contributed by atoms with E-state index in [9.17, 15) is 10.1 Å². The molecule has 33 heavy (non-hydrogen) atoms. The number of pyridine rings is 1. The summed E-state index contributed by atoms with van der Waals surface area (Å²) >= 11 is 0. The van der Waals surface area contributed by atoms with Crippen LogP contribution < -0.4 is 25.7 Å². The van der Waals surface area contributed by atoms with Gasteiger partial charge in [0.15, 0.2) is 18.1 Å². The topological polar surface area (TPSA) is 171 Å². The predicted molar refractivity (Wildman–Crippen MR) is 121 cm³/mol. The van der Waals surface area contributed by atoms with Gasteiger partial charge in [-0.1, -0.05) is 18.2 Å². The number of carbonyl (C=O) groups excluding carboxylic acids is 1. The molecule has 0 fully saturated rings. The molecule has 0 saturated carbocycles. The van der Waals surface area contributed by atoms with Crippen molar-refractivity contribution in [3.63, 3.8) is 0 Å². The van der Waals surface area contributed by atoms with Crippen LogP contribution in [0.2, 0.25) is 0 Å². The van der Waals surface area contributed by atoms with Crippen LogP contribution in [0.15, 0.2) is 48.5 Å². The molecular formula is C23H22N4O6. The lowest BCUT2D eigenvalue weighted by Crippen LogP contribution is -2.20. The van der Waals surface area contributed by atoms with Gasteiger partial charge in [0.05, 0.1) is 19.9 Å². The minimum Gasteiger partial charge on any atom is -0.493 e. The van der Waals surface area contributed by atoms with Crippen LogP contribution in [0.5, 0.6) is 17.2 Å². The SMILES string of the molecule is COc1ccc(-c2cc(-c3ccccc3OCC(N)=O)nc(N)c2C#N)cc1OC.O=CO. The Kier molecular flexibility index (Phi) is 8.58. The molecule has 0 saturated heterocycles. The number of nitriles is 1. The Morgan fingerprint density at radius 2 is 1.76 bits per heavy atom. The fraction of sp³-hybridized carbons (Fsp3) is 0.130. The Morgan fingerprint density at radius 3 is 2.36 bits per heavy atom. The summed E-state index contributed by atoms with van der Waals surface area (Å²) in [6, 6.07) is 16.2. The highest BCUT2D eigenvalue weighted by Gasteiger charge is 2.17. The molecular weight excluding hydrogens is 428 g/mol. The smallest absolute Gasteiger partial charge is 0.290 e. The van der Waals surface area contributed by atoms with Gasteiger partial charge in [-0.25, -0.2) is 4.98 Å². The second-order valence-corrected chi connectivity index (χ2v) is 6.35. The zero-order chi connectivity index (χ0) is 24.4. The van der Waals surface area contributed by atoms with Crippen LogP contribution >= 0.6 is 0 Å². The maximum absolute atomic E-state index is 11.1. The first-order chi connectivity index (χ1) is 15.9. The minimum atomic E-state index is -0.594. The van der Waals surface area contributed by atoms with E-state index < -0.39 is 5.91 Å². The summed E-state index contributed by atoms with van der Waals surface area (Å²) < 4.78 is 16.2. The van der Waals surface area contributed by atoms with Crippen molar-refractivity contribution in [3.8, 4) is 45.7 Å². The summed E-state index contributed by atoms with van der Waals surface area (Å²) in [5.41, 5.74) is 13.9. The number of ether oxygens (including phenoxy) is 3. The van der Waals surface area contributed by atoms with Gasteiger partial charge in [-0.2, -0.15) is 5.26 Å². The number of hydrogen-bond acceptors (Lipinski definition) is 8. The van der Waals surface area contributed by atoms with Crippen molar-refractivity contribution >= 4 is 18.2 Å². The highest BCUT2D eigenvalue weighted by atomic mass is 16.5. The molecule has 3 rings (SSSR count). The first-order valence-corrected chi connectivity index (χ1v) is 9.41. The third kappa shape index (κ3) is 5.89. The van der Waals surface area contributed by atoms with E-state index in [0.717, 1.165) is 0 Å². The van der Waals surface area contributed by atoms with Gasteiger partial charge < -0.3 is 30.8 Å². The number of nitrogens with zero attached hydrogens (tertiary/aromatic N) is 2. The van der Waals surface area contributed by atoms with Crippen LogP contribution in [0.25, 0.3) is 22.4 Å². The van der Waals surface area contributed by atoms with Crippen molar-refractivity contribution in [1.29, 1.82) is 5.26 Å². The number of amides is 1. The molecule has 5 N–H and O–H groups in total. The summed E-state index contributed by atoms with van der Waals surface area (Å²) in [5, 5.41) is 16.5. The fourth-order valence-electron chi connectivity index (χ4n) is 3.00. The second kappa shape index (κ2) is 11.6. The molecule has 0 aliphatic rings. The molecule has 0 atom stereocenters. The lowest BCUT2D eigenvalue weighted by Gasteiger charge is -2.14. The fourth-order valence-corrected chi connectivity index (χ4v) is 3.00. The summed E-state index contributed by atoms with van der Waals surface area (Å²) in [4.78, 5) is 23.8. The molecule has 170 valence electrons. The number of para-hydroxylation sites is 1. The Morgan fingerprint density at radius 1 is 1.09 bits per heavy atom. The molecule has 1 amide bonds. The standard InChI is InChI=1S/C22H20N4O4.CH2O2/c1-28-19-8-7-13(9-20(19)29-2)15-10-17(26-22(25)16(15)11-23)14-5-3-4-6-18(14)30-12-21(24)27;2-1-3/h3-10H,12H2,1-2H3,(H2,24,27)(H2,25,26);1H,(H,2,3). The highest BCUT2D eigenvalue weighted by Crippen LogP contribution is 2.38. The largest absolute Gasteiger partial charge is 0.493 e. The lowest BCUT2D eigenvalue weighted by molar-refractivity contribution is -0.123. The molecule has 0 spiro atoms. The molecule has 0 aliphatic heterocycles. The van der Waals surface area contributed by atoms with Crippen molar-refractivity contribution in [3.05, 3.63) is 54.1 Å². The number of hydrogen-bond donors (Lipinski definition) is 3. The van der Waals surface area contributed by atoms with Crippen molar-refractivity contribution in [1.82, 2.24) is 4.98 Å². The number of methoxy groups -OCH3 is 2. The van der Waals surface area contributed by atoms with Gasteiger partial charge in [-0.05, 0) is 35.9 Å². The first kappa shape index (κ1) is 24.5. The van der Waals surface area contributed by atoms with E-state index in [2.05, 4.69) is 11.1 Å². The summed E-state index contributed by atoms with van der Waals surface area (Å²) in [6.07, 6.45) is 0. The molecule has 1 heterocycles. The molecule has 10 nitrogen and oxygen atoms in total. The van der Waals surface area contributed by atoms with E-state index in [1.165, 1.54) is 7.11 Å². The van der Waals surface area contributed by atoms with Gasteiger partial charge in [0.1, 0.15) is 23.2 Å². The Balaban J connectivity index is 0.00000122. The molecule has 10 heteroatoms. The van der Waals surface area contributed by atoms with Crippen LogP contribution in [0.3, 0.4) is 0 Å². The Labute approximate surface area is 189 Å². The molecule has 0 unspecified atom stereocenters. The van der Waals surface area contributed by atoms with Gasteiger partial charge in [0, 0.05) is 11.1 Å². The van der Waals surface area contributed by atoms with E-state index in [1.54, 1.807) is 55.6 Å². The summed E-state index contributed by atoms with van der Waals surface area (Å²) in [7, 11) is 3.08. The molecule has 1 aromatic heterocycles. The van der Waals surface area contributed by atoms with Crippen molar-refractivity contribution in [2.24, 2.45) is 5.73 Å². The minimum absolute atomic E-state index is 0.0736. The zero-order valence-electron chi connectivity index (χ0n) is 17.9. The first-order valence-electron chi connectivity index (χ1n) is 9.41. The van der Waals surface area contributed by atoms with Gasteiger partial charge in [0.25, 0.3) is 12.4 Å². The normalized spacial score (nSPS) is 9.61. The number of rotatable bonds is 7. The Bertz CT molecular complexity index is 1190. The van der Waals surface area contributed by atoms with Crippen molar-refractivity contribution in [2.75, 3.05) is 26.6 Å². The third-order valence-electron chi connectivity index (χ3n) is 4.39. The van der Waals surface area contributed by atoms with E-state index >= 15 is 0 Å². The average molecular weight is 450 g/mol. The van der Waals surface area contributed by atoms with E-state index in [-0.39, 0.29) is 24.5 Å². The van der Waals surface area contributed by atoms with E-state index in [0.29, 0.717) is 39.6 Å². The maximum Gasteiger partial charge on any atom is 0.290 e. The average Bonchev–Trinajstić information content (AvgIpc) is 2.82. The lowest BCUT2D eigenvalue weighted by atomic mass is 9.97. The maximum atomic E-state index is 11.1. The van der Waals surface area contributed by atoms with Crippen LogP contribution in [-0.2, 0) is 9.59 Å². The number of carboxylic acid groups (broad SMARTS) is 1. The third-order valence-corrected chi connectivity index (χ3v) is 4.39. The molecule has 2 aromatic carbocycles. The number of anilines is 1. The number of aromatic nitrogens is 1. The number of carbonyl (C=O) groups is 2. The Hall–Kier alpha value is -4.78.